The Bertz CT molecular complexity index is 522. The van der Waals surface area contributed by atoms with Gasteiger partial charge in [-0.3, -0.25) is 0 Å². The molecular weight excluding hydrogens is 266 g/mol. The highest BCUT2D eigenvalue weighted by atomic mass is 16.4. The van der Waals surface area contributed by atoms with E-state index in [2.05, 4.69) is 9.80 Å². The van der Waals surface area contributed by atoms with Crippen molar-refractivity contribution in [1.82, 2.24) is 4.90 Å². The average molecular weight is 289 g/mol. The van der Waals surface area contributed by atoms with Crippen LogP contribution in [-0.2, 0) is 0 Å². The fourth-order valence-electron chi connectivity index (χ4n) is 3.09. The number of likely N-dealkylation sites (tertiary alicyclic amines) is 1. The third-order valence-corrected chi connectivity index (χ3v) is 4.44. The van der Waals surface area contributed by atoms with Gasteiger partial charge < -0.3 is 20.6 Å². The molecule has 0 atom stereocenters. The number of nitrogens with zero attached hydrogens (tertiary/aromatic N) is 2. The molecule has 5 nitrogen and oxygen atoms in total. The fourth-order valence-corrected chi connectivity index (χ4v) is 3.09. The van der Waals surface area contributed by atoms with Gasteiger partial charge in [-0.2, -0.15) is 0 Å². The van der Waals surface area contributed by atoms with Crippen molar-refractivity contribution < 1.29 is 9.90 Å². The van der Waals surface area contributed by atoms with Crippen molar-refractivity contribution >= 4 is 17.3 Å². The summed E-state index contributed by atoms with van der Waals surface area (Å²) in [6.45, 7) is 4.49. The lowest BCUT2D eigenvalue weighted by Gasteiger charge is -2.27. The minimum atomic E-state index is -0.964. The predicted molar refractivity (Wildman–Crippen MR) is 83.9 cm³/mol. The highest BCUT2D eigenvalue weighted by molar-refractivity contribution is 5.94. The Kier molecular flexibility index (Phi) is 4.01. The summed E-state index contributed by atoms with van der Waals surface area (Å²) in [6, 6.07) is 5.93. The highest BCUT2D eigenvalue weighted by Crippen LogP contribution is 2.33. The van der Waals surface area contributed by atoms with E-state index in [4.69, 9.17) is 10.8 Å². The molecule has 2 aliphatic rings. The van der Waals surface area contributed by atoms with Gasteiger partial charge in [-0.1, -0.05) is 0 Å². The number of carboxylic acid groups (broad SMARTS) is 1. The first-order valence-corrected chi connectivity index (χ1v) is 7.77. The maximum atomic E-state index is 11.0. The summed E-state index contributed by atoms with van der Waals surface area (Å²) in [5.74, 6) is -0.964. The standard InChI is InChI=1S/C16H23N3O2/c17-15-11-13(5-6-14(15)16(20)21)19(12-3-4-12)10-9-18-7-1-2-8-18/h5-6,11-12H,1-4,7-10,17H2,(H,20,21). The molecule has 1 aromatic rings. The van der Waals surface area contributed by atoms with Gasteiger partial charge in [0.05, 0.1) is 5.56 Å². The Labute approximate surface area is 125 Å². The average Bonchev–Trinajstić information content (AvgIpc) is 3.14. The van der Waals surface area contributed by atoms with Crippen molar-refractivity contribution in [3.05, 3.63) is 23.8 Å². The van der Waals surface area contributed by atoms with Crippen LogP contribution in [0.4, 0.5) is 11.4 Å². The van der Waals surface area contributed by atoms with Crippen LogP contribution in [0, 0.1) is 0 Å². The van der Waals surface area contributed by atoms with Gasteiger partial charge >= 0.3 is 5.97 Å². The Morgan fingerprint density at radius 2 is 2.05 bits per heavy atom. The first kappa shape index (κ1) is 14.2. The number of hydrogen-bond donors (Lipinski definition) is 2. The third kappa shape index (κ3) is 3.29. The maximum absolute atomic E-state index is 11.0. The Hall–Kier alpha value is -1.75. The SMILES string of the molecule is Nc1cc(N(CCN2CCCC2)C2CC2)ccc1C(=O)O. The lowest BCUT2D eigenvalue weighted by atomic mass is 10.1. The molecule has 0 unspecified atom stereocenters. The molecule has 0 spiro atoms. The zero-order valence-electron chi connectivity index (χ0n) is 12.3. The molecule has 1 aromatic carbocycles. The van der Waals surface area contributed by atoms with E-state index in [0.29, 0.717) is 11.7 Å². The number of nitrogens with two attached hydrogens (primary N) is 1. The largest absolute Gasteiger partial charge is 0.478 e. The van der Waals surface area contributed by atoms with Gasteiger partial charge in [0, 0.05) is 30.5 Å². The van der Waals surface area contributed by atoms with E-state index >= 15 is 0 Å². The quantitative estimate of drug-likeness (QED) is 0.784. The Balaban J connectivity index is 1.71. The van der Waals surface area contributed by atoms with Gasteiger partial charge in [0.25, 0.3) is 0 Å². The summed E-state index contributed by atoms with van der Waals surface area (Å²) in [4.78, 5) is 15.9. The molecule has 3 N–H and O–H groups in total. The maximum Gasteiger partial charge on any atom is 0.337 e. The van der Waals surface area contributed by atoms with Crippen molar-refractivity contribution in [2.75, 3.05) is 36.8 Å². The molecule has 114 valence electrons. The number of anilines is 2. The third-order valence-electron chi connectivity index (χ3n) is 4.44. The van der Waals surface area contributed by atoms with E-state index in [0.717, 1.165) is 18.8 Å². The van der Waals surface area contributed by atoms with E-state index < -0.39 is 5.97 Å². The van der Waals surface area contributed by atoms with Crippen molar-refractivity contribution in [3.63, 3.8) is 0 Å². The van der Waals surface area contributed by atoms with Crippen LogP contribution in [0.25, 0.3) is 0 Å². The molecule has 0 aromatic heterocycles. The van der Waals surface area contributed by atoms with Gasteiger partial charge in [0.1, 0.15) is 0 Å². The van der Waals surface area contributed by atoms with Gasteiger partial charge in [-0.15, -0.1) is 0 Å². The summed E-state index contributed by atoms with van der Waals surface area (Å²) >= 11 is 0. The summed E-state index contributed by atoms with van der Waals surface area (Å²) in [5.41, 5.74) is 7.48. The monoisotopic (exact) mass is 289 g/mol. The molecule has 0 amide bonds. The molecule has 21 heavy (non-hydrogen) atoms. The van der Waals surface area contributed by atoms with E-state index in [-0.39, 0.29) is 5.56 Å². The zero-order chi connectivity index (χ0) is 14.8. The molecule has 5 heteroatoms. The molecule has 3 rings (SSSR count). The number of benzene rings is 1. The van der Waals surface area contributed by atoms with Gasteiger partial charge in [-0.25, -0.2) is 4.79 Å². The van der Waals surface area contributed by atoms with Crippen molar-refractivity contribution in [2.24, 2.45) is 0 Å². The number of carbonyl (C=O) groups is 1. The first-order valence-electron chi connectivity index (χ1n) is 7.77. The van der Waals surface area contributed by atoms with Gasteiger partial charge in [0.15, 0.2) is 0 Å². The normalized spacial score (nSPS) is 18.9. The Morgan fingerprint density at radius 3 is 2.62 bits per heavy atom. The summed E-state index contributed by atoms with van der Waals surface area (Å²) < 4.78 is 0. The molecule has 1 aliphatic heterocycles. The van der Waals surface area contributed by atoms with Crippen LogP contribution in [0.1, 0.15) is 36.0 Å². The van der Waals surface area contributed by atoms with Crippen LogP contribution in [0.15, 0.2) is 18.2 Å². The Morgan fingerprint density at radius 1 is 1.33 bits per heavy atom. The number of nitrogen functional groups attached to an aromatic ring is 1. The minimum absolute atomic E-state index is 0.189. The topological polar surface area (TPSA) is 69.8 Å². The zero-order valence-corrected chi connectivity index (χ0v) is 12.3. The smallest absolute Gasteiger partial charge is 0.337 e. The molecule has 0 bridgehead atoms. The van der Waals surface area contributed by atoms with Crippen molar-refractivity contribution in [3.8, 4) is 0 Å². The van der Waals surface area contributed by atoms with Gasteiger partial charge in [-0.05, 0) is 57.0 Å². The van der Waals surface area contributed by atoms with Crippen LogP contribution in [0.2, 0.25) is 0 Å². The summed E-state index contributed by atoms with van der Waals surface area (Å²) in [6.07, 6.45) is 5.06. The minimum Gasteiger partial charge on any atom is -0.478 e. The second-order valence-corrected chi connectivity index (χ2v) is 6.05. The number of aromatic carboxylic acids is 1. The molecule has 1 heterocycles. The molecule has 2 fully saturated rings. The lowest BCUT2D eigenvalue weighted by molar-refractivity contribution is 0.0698. The molecule has 0 radical (unpaired) electrons. The highest BCUT2D eigenvalue weighted by Gasteiger charge is 2.30. The predicted octanol–water partition coefficient (Wildman–Crippen LogP) is 2.03. The second kappa shape index (κ2) is 5.93. The van der Waals surface area contributed by atoms with E-state index in [9.17, 15) is 4.79 Å². The number of carboxylic acids is 1. The van der Waals surface area contributed by atoms with E-state index in [1.165, 1.54) is 38.8 Å². The number of rotatable bonds is 6. The van der Waals surface area contributed by atoms with Crippen molar-refractivity contribution in [2.45, 2.75) is 31.7 Å². The van der Waals surface area contributed by atoms with Crippen LogP contribution in [0.5, 0.6) is 0 Å². The van der Waals surface area contributed by atoms with Crippen LogP contribution < -0.4 is 10.6 Å². The summed E-state index contributed by atoms with van der Waals surface area (Å²) in [7, 11) is 0. The van der Waals surface area contributed by atoms with Crippen molar-refractivity contribution in [1.29, 1.82) is 0 Å². The molecule has 1 saturated carbocycles. The van der Waals surface area contributed by atoms with Crippen LogP contribution in [-0.4, -0.2) is 48.2 Å². The summed E-state index contributed by atoms with van der Waals surface area (Å²) in [5, 5.41) is 9.06. The first-order chi connectivity index (χ1) is 10.1. The molecular formula is C16H23N3O2. The van der Waals surface area contributed by atoms with E-state index in [1.807, 2.05) is 12.1 Å². The lowest BCUT2D eigenvalue weighted by Crippen LogP contribution is -2.35. The molecule has 1 saturated heterocycles. The second-order valence-electron chi connectivity index (χ2n) is 6.05. The van der Waals surface area contributed by atoms with Crippen LogP contribution in [0.3, 0.4) is 0 Å². The van der Waals surface area contributed by atoms with Crippen LogP contribution >= 0.6 is 0 Å². The number of hydrogen-bond acceptors (Lipinski definition) is 4. The van der Waals surface area contributed by atoms with E-state index in [1.54, 1.807) is 6.07 Å². The van der Waals surface area contributed by atoms with Gasteiger partial charge in [0.2, 0.25) is 0 Å². The fraction of sp³-hybridized carbons (Fsp3) is 0.562. The molecule has 1 aliphatic carbocycles.